The first kappa shape index (κ1) is 15.0. The molecular formula is C15H13N5O2S. The number of aromatic nitrogens is 3. The Bertz CT molecular complexity index is 801. The Labute approximate surface area is 135 Å². The van der Waals surface area contributed by atoms with E-state index in [1.807, 2.05) is 24.3 Å². The molecule has 3 N–H and O–H groups in total. The Hall–Kier alpha value is -2.87. The number of fused-ring (bicyclic) bond motifs is 1. The number of pyridine rings is 1. The molecule has 0 saturated heterocycles. The number of carbonyl (C=O) groups excluding carboxylic acids is 2. The standard InChI is InChI=1S/C15H13N5O2S/c21-13(19-20-14(22)10-5-7-16-8-6-10)9-23-15-17-11-3-1-2-4-12(11)18-15/h1-8H,9H2,(H,17,18)(H,19,21)(H,20,22). The maximum atomic E-state index is 11.8. The summed E-state index contributed by atoms with van der Waals surface area (Å²) in [5, 5.41) is 0.654. The summed E-state index contributed by atoms with van der Waals surface area (Å²) in [6, 6.07) is 10.7. The molecule has 0 aliphatic heterocycles. The third-order valence-electron chi connectivity index (χ3n) is 2.97. The molecule has 0 aliphatic carbocycles. The molecule has 7 nitrogen and oxygen atoms in total. The van der Waals surface area contributed by atoms with Crippen LogP contribution in [0.15, 0.2) is 53.9 Å². The number of hydrazine groups is 1. The summed E-state index contributed by atoms with van der Waals surface area (Å²) in [5.41, 5.74) is 6.90. The highest BCUT2D eigenvalue weighted by Crippen LogP contribution is 2.18. The van der Waals surface area contributed by atoms with E-state index in [1.54, 1.807) is 12.1 Å². The number of hydrogen-bond acceptors (Lipinski definition) is 5. The highest BCUT2D eigenvalue weighted by atomic mass is 32.2. The molecule has 23 heavy (non-hydrogen) atoms. The van der Waals surface area contributed by atoms with Crippen LogP contribution in [0.5, 0.6) is 0 Å². The minimum atomic E-state index is -0.394. The first-order valence-electron chi connectivity index (χ1n) is 6.79. The summed E-state index contributed by atoms with van der Waals surface area (Å²) in [5.74, 6) is -0.580. The second-order valence-corrected chi connectivity index (χ2v) is 5.55. The summed E-state index contributed by atoms with van der Waals surface area (Å²) in [6.45, 7) is 0. The van der Waals surface area contributed by atoms with Crippen LogP contribution in [-0.4, -0.2) is 32.5 Å². The van der Waals surface area contributed by atoms with Crippen molar-refractivity contribution < 1.29 is 9.59 Å². The maximum absolute atomic E-state index is 11.8. The van der Waals surface area contributed by atoms with Crippen molar-refractivity contribution >= 4 is 34.6 Å². The molecule has 1 aromatic carbocycles. The number of rotatable bonds is 4. The Morgan fingerprint density at radius 2 is 1.87 bits per heavy atom. The highest BCUT2D eigenvalue weighted by molar-refractivity contribution is 7.99. The molecule has 0 aliphatic rings. The molecule has 3 rings (SSSR count). The average Bonchev–Trinajstić information content (AvgIpc) is 3.01. The van der Waals surface area contributed by atoms with Gasteiger partial charge in [-0.05, 0) is 24.3 Å². The lowest BCUT2D eigenvalue weighted by Crippen LogP contribution is -2.42. The molecule has 3 aromatic rings. The quantitative estimate of drug-likeness (QED) is 0.498. The molecule has 0 fully saturated rings. The summed E-state index contributed by atoms with van der Waals surface area (Å²) in [4.78, 5) is 34.8. The van der Waals surface area contributed by atoms with Gasteiger partial charge in [0.2, 0.25) is 5.91 Å². The third-order valence-corrected chi connectivity index (χ3v) is 3.84. The van der Waals surface area contributed by atoms with Crippen molar-refractivity contribution in [1.82, 2.24) is 25.8 Å². The molecule has 0 atom stereocenters. The van der Waals surface area contributed by atoms with Gasteiger partial charge in [0, 0.05) is 18.0 Å². The zero-order valence-corrected chi connectivity index (χ0v) is 12.8. The van der Waals surface area contributed by atoms with Gasteiger partial charge in [-0.15, -0.1) is 0 Å². The Morgan fingerprint density at radius 3 is 2.65 bits per heavy atom. The van der Waals surface area contributed by atoms with E-state index >= 15 is 0 Å². The molecule has 0 bridgehead atoms. The number of nitrogens with one attached hydrogen (secondary N) is 3. The number of nitrogens with zero attached hydrogens (tertiary/aromatic N) is 2. The van der Waals surface area contributed by atoms with Crippen LogP contribution in [0.25, 0.3) is 11.0 Å². The van der Waals surface area contributed by atoms with Gasteiger partial charge in [0.1, 0.15) is 0 Å². The number of hydrogen-bond donors (Lipinski definition) is 3. The molecule has 2 heterocycles. The first-order chi connectivity index (χ1) is 11.2. The zero-order chi connectivity index (χ0) is 16.1. The SMILES string of the molecule is O=C(CSc1nc2ccccc2[nH]1)NNC(=O)c1ccncc1. The average molecular weight is 327 g/mol. The lowest BCUT2D eigenvalue weighted by Gasteiger charge is -2.06. The number of aromatic amines is 1. The fraction of sp³-hybridized carbons (Fsp3) is 0.0667. The second kappa shape index (κ2) is 6.93. The van der Waals surface area contributed by atoms with E-state index < -0.39 is 5.91 Å². The van der Waals surface area contributed by atoms with E-state index in [0.29, 0.717) is 10.7 Å². The second-order valence-electron chi connectivity index (χ2n) is 4.59. The van der Waals surface area contributed by atoms with Crippen molar-refractivity contribution in [3.05, 3.63) is 54.4 Å². The number of thioether (sulfide) groups is 1. The van der Waals surface area contributed by atoms with Gasteiger partial charge in [-0.25, -0.2) is 4.98 Å². The topological polar surface area (TPSA) is 99.8 Å². The van der Waals surface area contributed by atoms with Gasteiger partial charge in [-0.1, -0.05) is 23.9 Å². The van der Waals surface area contributed by atoms with Crippen LogP contribution < -0.4 is 10.9 Å². The largest absolute Gasteiger partial charge is 0.333 e. The Kier molecular flexibility index (Phi) is 4.53. The summed E-state index contributed by atoms with van der Waals surface area (Å²) < 4.78 is 0. The Balaban J connectivity index is 1.49. The molecule has 8 heteroatoms. The molecular weight excluding hydrogens is 314 g/mol. The van der Waals surface area contributed by atoms with E-state index in [2.05, 4.69) is 25.8 Å². The predicted octanol–water partition coefficient (Wildman–Crippen LogP) is 1.51. The minimum absolute atomic E-state index is 0.135. The van der Waals surface area contributed by atoms with Crippen LogP contribution in [0.1, 0.15) is 10.4 Å². The highest BCUT2D eigenvalue weighted by Gasteiger charge is 2.09. The lowest BCUT2D eigenvalue weighted by molar-refractivity contribution is -0.119. The van der Waals surface area contributed by atoms with Crippen molar-refractivity contribution in [2.24, 2.45) is 0 Å². The van der Waals surface area contributed by atoms with E-state index in [0.717, 1.165) is 11.0 Å². The third kappa shape index (κ3) is 3.86. The molecule has 0 unspecified atom stereocenters. The predicted molar refractivity (Wildman–Crippen MR) is 86.7 cm³/mol. The lowest BCUT2D eigenvalue weighted by atomic mass is 10.3. The van der Waals surface area contributed by atoms with Crippen LogP contribution in [-0.2, 0) is 4.79 Å². The Morgan fingerprint density at radius 1 is 1.09 bits per heavy atom. The van der Waals surface area contributed by atoms with Crippen LogP contribution in [0, 0.1) is 0 Å². The zero-order valence-electron chi connectivity index (χ0n) is 11.9. The van der Waals surface area contributed by atoms with E-state index in [-0.39, 0.29) is 11.7 Å². The van der Waals surface area contributed by atoms with Crippen LogP contribution in [0.3, 0.4) is 0 Å². The van der Waals surface area contributed by atoms with Crippen molar-refractivity contribution in [2.45, 2.75) is 5.16 Å². The smallest absolute Gasteiger partial charge is 0.269 e. The summed E-state index contributed by atoms with van der Waals surface area (Å²) in [6.07, 6.45) is 3.02. The van der Waals surface area contributed by atoms with Gasteiger partial charge < -0.3 is 4.98 Å². The molecule has 0 spiro atoms. The first-order valence-corrected chi connectivity index (χ1v) is 7.78. The molecule has 0 radical (unpaired) electrons. The van der Waals surface area contributed by atoms with Crippen LogP contribution in [0.2, 0.25) is 0 Å². The fourth-order valence-electron chi connectivity index (χ4n) is 1.87. The monoisotopic (exact) mass is 327 g/mol. The van der Waals surface area contributed by atoms with Gasteiger partial charge in [-0.2, -0.15) is 0 Å². The normalized spacial score (nSPS) is 10.4. The van der Waals surface area contributed by atoms with E-state index in [1.165, 1.54) is 24.2 Å². The van der Waals surface area contributed by atoms with E-state index in [4.69, 9.17) is 0 Å². The van der Waals surface area contributed by atoms with Crippen molar-refractivity contribution in [1.29, 1.82) is 0 Å². The van der Waals surface area contributed by atoms with Gasteiger partial charge in [0.05, 0.1) is 16.8 Å². The van der Waals surface area contributed by atoms with Crippen molar-refractivity contribution in [3.8, 4) is 0 Å². The van der Waals surface area contributed by atoms with Gasteiger partial charge in [0.25, 0.3) is 5.91 Å². The number of carbonyl (C=O) groups is 2. The van der Waals surface area contributed by atoms with Gasteiger partial charge in [-0.3, -0.25) is 25.4 Å². The van der Waals surface area contributed by atoms with Crippen LogP contribution >= 0.6 is 11.8 Å². The van der Waals surface area contributed by atoms with Crippen molar-refractivity contribution in [3.63, 3.8) is 0 Å². The van der Waals surface area contributed by atoms with Crippen molar-refractivity contribution in [2.75, 3.05) is 5.75 Å². The maximum Gasteiger partial charge on any atom is 0.269 e. The molecule has 0 saturated carbocycles. The number of para-hydroxylation sites is 2. The molecule has 116 valence electrons. The number of benzene rings is 1. The minimum Gasteiger partial charge on any atom is -0.333 e. The van der Waals surface area contributed by atoms with Gasteiger partial charge >= 0.3 is 0 Å². The fourth-order valence-corrected chi connectivity index (χ4v) is 2.55. The number of amides is 2. The summed E-state index contributed by atoms with van der Waals surface area (Å²) in [7, 11) is 0. The number of imidazole rings is 1. The summed E-state index contributed by atoms with van der Waals surface area (Å²) >= 11 is 1.26. The van der Waals surface area contributed by atoms with Crippen LogP contribution in [0.4, 0.5) is 0 Å². The van der Waals surface area contributed by atoms with Gasteiger partial charge in [0.15, 0.2) is 5.16 Å². The number of H-pyrrole nitrogens is 1. The van der Waals surface area contributed by atoms with E-state index in [9.17, 15) is 9.59 Å². The molecule has 2 amide bonds. The molecule has 2 aromatic heterocycles.